The van der Waals surface area contributed by atoms with E-state index in [2.05, 4.69) is 189 Å². The number of hydrogen-bond acceptors (Lipinski definition) is 0. The Hall–Kier alpha value is -6.64. The molecule has 0 amide bonds. The fourth-order valence-electron chi connectivity index (χ4n) is 16.8. The summed E-state index contributed by atoms with van der Waals surface area (Å²) in [4.78, 5) is 0. The van der Waals surface area contributed by atoms with Gasteiger partial charge in [-0.15, -0.1) is 0 Å². The van der Waals surface area contributed by atoms with E-state index in [4.69, 9.17) is 0 Å². The minimum absolute atomic E-state index is 1.02. The van der Waals surface area contributed by atoms with E-state index in [-0.39, 0.29) is 0 Å². The van der Waals surface area contributed by atoms with Crippen LogP contribution in [0.4, 0.5) is 0 Å². The van der Waals surface area contributed by atoms with E-state index in [1.807, 2.05) is 0 Å². The summed E-state index contributed by atoms with van der Waals surface area (Å²) in [5.41, 5.74) is 58.6. The fourth-order valence-corrected chi connectivity index (χ4v) is 16.8. The number of aromatic nitrogens is 2. The van der Waals surface area contributed by atoms with Crippen LogP contribution in [-0.4, -0.2) is 8.80 Å². The van der Waals surface area contributed by atoms with Gasteiger partial charge < -0.3 is 8.80 Å². The Bertz CT molecular complexity index is 4900. The molecule has 2 aliphatic rings. The van der Waals surface area contributed by atoms with Crippen LogP contribution < -0.4 is 0 Å². The lowest BCUT2D eigenvalue weighted by Crippen LogP contribution is -1.99. The van der Waals surface area contributed by atoms with Gasteiger partial charge in [0.05, 0.1) is 33.1 Å². The van der Waals surface area contributed by atoms with E-state index < -0.39 is 0 Å². The van der Waals surface area contributed by atoms with Gasteiger partial charge in [-0.2, -0.15) is 0 Å². The number of nitrogens with zero attached hydrogens (tertiary/aromatic N) is 2. The van der Waals surface area contributed by atoms with Gasteiger partial charge in [0, 0.05) is 55.1 Å². The Labute approximate surface area is 464 Å². The average Bonchev–Trinajstić information content (AvgIpc) is 4.18. The largest absolute Gasteiger partial charge is 0.307 e. The van der Waals surface area contributed by atoms with Crippen LogP contribution in [0, 0.1) is 180 Å². The molecule has 2 aliphatic carbocycles. The lowest BCUT2D eigenvalue weighted by molar-refractivity contribution is 1.13. The molecule has 2 heteroatoms. The Morgan fingerprint density at radius 2 is 0.359 bits per heavy atom. The number of aryl methyl sites for hydroxylation is 10. The Morgan fingerprint density at radius 3 is 0.769 bits per heavy atom. The van der Waals surface area contributed by atoms with E-state index in [0.717, 1.165) is 12.8 Å². The number of hydrogen-bond donors (Lipinski definition) is 0. The van der Waals surface area contributed by atoms with Gasteiger partial charge in [0.25, 0.3) is 0 Å². The van der Waals surface area contributed by atoms with Crippen molar-refractivity contribution in [2.24, 2.45) is 0 Å². The molecule has 0 atom stereocenters. The Kier molecular flexibility index (Phi) is 10.4. The summed E-state index contributed by atoms with van der Waals surface area (Å²) in [6.45, 7) is 61.0. The van der Waals surface area contributed by atoms with E-state index in [1.54, 1.807) is 22.3 Å². The van der Waals surface area contributed by atoms with Crippen LogP contribution in [0.15, 0.2) is 0 Å². The lowest BCUT2D eigenvalue weighted by Gasteiger charge is -2.19. The molecule has 0 bridgehead atoms. The van der Waals surface area contributed by atoms with Crippen molar-refractivity contribution in [2.45, 2.75) is 193 Å². The highest BCUT2D eigenvalue weighted by Crippen LogP contribution is 2.57. The highest BCUT2D eigenvalue weighted by molar-refractivity contribution is 6.31. The van der Waals surface area contributed by atoms with Gasteiger partial charge in [-0.3, -0.25) is 0 Å². The molecule has 0 N–H and O–H groups in total. The number of fused-ring (bicyclic) bond motifs is 20. The summed E-state index contributed by atoms with van der Waals surface area (Å²) in [7, 11) is 0. The van der Waals surface area contributed by atoms with E-state index >= 15 is 0 Å². The molecule has 4 heterocycles. The van der Waals surface area contributed by atoms with Crippen molar-refractivity contribution in [2.75, 3.05) is 0 Å². The first-order valence-corrected chi connectivity index (χ1v) is 29.3. The molecule has 0 unspecified atom stereocenters. The van der Waals surface area contributed by atoms with Gasteiger partial charge in [0.2, 0.25) is 0 Å². The normalized spacial score (nSPS) is 13.2. The summed E-state index contributed by atoms with van der Waals surface area (Å²) in [6, 6.07) is 0. The summed E-state index contributed by atoms with van der Waals surface area (Å²) in [5.74, 6) is 0. The smallest absolute Gasteiger partial charge is 0.0626 e. The van der Waals surface area contributed by atoms with E-state index in [1.165, 1.54) is 243 Å². The van der Waals surface area contributed by atoms with Crippen molar-refractivity contribution in [3.05, 3.63) is 167 Å². The average molecular weight is 1020 g/mol. The zero-order chi connectivity index (χ0) is 56.3. The van der Waals surface area contributed by atoms with Crippen molar-refractivity contribution in [1.29, 1.82) is 0 Å². The van der Waals surface area contributed by atoms with Crippen LogP contribution in [0.1, 0.15) is 167 Å². The quantitative estimate of drug-likeness (QED) is 0.143. The van der Waals surface area contributed by atoms with Crippen molar-refractivity contribution in [3.63, 3.8) is 0 Å². The number of rotatable bonds is 0. The summed E-state index contributed by atoms with van der Waals surface area (Å²) in [5, 5.41) is 11.8. The Morgan fingerprint density at radius 1 is 0.154 bits per heavy atom. The summed E-state index contributed by atoms with van der Waals surface area (Å²) >= 11 is 0. The van der Waals surface area contributed by atoms with Crippen molar-refractivity contribution in [1.82, 2.24) is 8.80 Å². The first-order valence-electron chi connectivity index (χ1n) is 29.3. The predicted octanol–water partition coefficient (Wildman–Crippen LogP) is 20.8. The van der Waals surface area contributed by atoms with Crippen LogP contribution in [0.5, 0.6) is 0 Å². The molecule has 8 aromatic carbocycles. The second kappa shape index (κ2) is 16.0. The standard InChI is InChI=1S/2C38H41N/c1-15-16(2)22(8)30-28(20(15)6)14-29-21(7)26(12)34-33-25(11)19(5)24(10)32-31-23(9)17(3)18(4)27(13)36(31)39(37(32)33)38(34)35(29)30;1-15-16(2)21(7)30-28(20(15)6)14-29-31(30)25(11)26(12)33-35-24(10)19(5)23(9)34-32-22(8)17(3)18(4)27(13)36(32)39(37(29)33)38(34)35/h2*14H2,1-13H3. The molecule has 12 aromatic rings. The molecule has 4 aromatic heterocycles. The molecule has 14 rings (SSSR count). The summed E-state index contributed by atoms with van der Waals surface area (Å²) < 4.78 is 5.46. The lowest BCUT2D eigenvalue weighted by atomic mass is 9.86. The van der Waals surface area contributed by atoms with E-state index in [0.29, 0.717) is 0 Å². The zero-order valence-electron chi connectivity index (χ0n) is 52.3. The first-order chi connectivity index (χ1) is 36.6. The summed E-state index contributed by atoms with van der Waals surface area (Å²) in [6.07, 6.45) is 2.07. The van der Waals surface area contributed by atoms with Crippen LogP contribution >= 0.6 is 0 Å². The maximum atomic E-state index is 2.73. The van der Waals surface area contributed by atoms with Crippen molar-refractivity contribution >= 4 is 76.2 Å². The molecule has 0 saturated heterocycles. The first kappa shape index (κ1) is 50.8. The number of benzene rings is 8. The maximum absolute atomic E-state index is 2.73. The second-order valence-corrected chi connectivity index (χ2v) is 25.8. The van der Waals surface area contributed by atoms with Gasteiger partial charge in [-0.1, -0.05) is 0 Å². The third kappa shape index (κ3) is 5.56. The van der Waals surface area contributed by atoms with Crippen molar-refractivity contribution < 1.29 is 0 Å². The van der Waals surface area contributed by atoms with Gasteiger partial charge in [0.15, 0.2) is 0 Å². The van der Waals surface area contributed by atoms with Gasteiger partial charge >= 0.3 is 0 Å². The molecule has 2 nitrogen and oxygen atoms in total. The van der Waals surface area contributed by atoms with Crippen LogP contribution in [0.2, 0.25) is 0 Å². The van der Waals surface area contributed by atoms with Crippen LogP contribution in [0.25, 0.3) is 98.4 Å². The fraction of sp³-hybridized carbons (Fsp3) is 0.368. The van der Waals surface area contributed by atoms with Crippen LogP contribution in [0.3, 0.4) is 0 Å². The molecule has 78 heavy (non-hydrogen) atoms. The maximum Gasteiger partial charge on any atom is 0.0626 e. The highest BCUT2D eigenvalue weighted by atomic mass is 14.9. The molecule has 0 aliphatic heterocycles. The highest BCUT2D eigenvalue weighted by Gasteiger charge is 2.37. The third-order valence-electron chi connectivity index (χ3n) is 23.5. The second-order valence-electron chi connectivity index (χ2n) is 25.8. The molecule has 0 radical (unpaired) electrons. The monoisotopic (exact) mass is 1020 g/mol. The molecule has 0 saturated carbocycles. The molecular weight excluding hydrogens is 941 g/mol. The molecule has 0 spiro atoms. The molecular formula is C76H82N2. The SMILES string of the molecule is Cc1c(C)c(C)c2c(c1C)Cc1c(C)c(C)c3c4c(C)c(C)c(C)c5c6c(C)c(C)c(C)c(C)c6n(c3c1-2)c54.Cc1c(C)c(C)c2c(c1C)Cc1c-2c(C)c(C)c2c3c(C)c(C)c(C)c4c5c(C)c(C)c(C)c(C)c5n(c12)c43. The zero-order valence-corrected chi connectivity index (χ0v) is 52.3. The van der Waals surface area contributed by atoms with Gasteiger partial charge in [-0.05, 0) is 370 Å². The molecule has 396 valence electrons. The topological polar surface area (TPSA) is 8.82 Å². The predicted molar refractivity (Wildman–Crippen MR) is 342 cm³/mol. The van der Waals surface area contributed by atoms with E-state index in [9.17, 15) is 0 Å². The molecule has 0 fully saturated rings. The van der Waals surface area contributed by atoms with Gasteiger partial charge in [0.1, 0.15) is 0 Å². The Balaban J connectivity index is 0.000000148. The third-order valence-corrected chi connectivity index (χ3v) is 23.5. The van der Waals surface area contributed by atoms with Gasteiger partial charge in [-0.25, -0.2) is 0 Å². The van der Waals surface area contributed by atoms with Crippen LogP contribution in [-0.2, 0) is 12.8 Å². The van der Waals surface area contributed by atoms with Crippen molar-refractivity contribution in [3.8, 4) is 22.3 Å². The minimum Gasteiger partial charge on any atom is -0.307 e. The minimum atomic E-state index is 1.02.